The van der Waals surface area contributed by atoms with Gasteiger partial charge in [-0.25, -0.2) is 8.42 Å². The van der Waals surface area contributed by atoms with Crippen molar-refractivity contribution in [1.29, 1.82) is 0 Å². The van der Waals surface area contributed by atoms with E-state index in [4.69, 9.17) is 0 Å². The molecule has 5 nitrogen and oxygen atoms in total. The highest BCUT2D eigenvalue weighted by Crippen LogP contribution is 2.16. The highest BCUT2D eigenvalue weighted by Gasteiger charge is 2.14. The Bertz CT molecular complexity index is 568. The fourth-order valence-electron chi connectivity index (χ4n) is 1.81. The van der Waals surface area contributed by atoms with Crippen LogP contribution in [0.4, 0.5) is 0 Å². The van der Waals surface area contributed by atoms with E-state index in [2.05, 4.69) is 17.6 Å². The average Bonchev–Trinajstić information content (AvgIpc) is 2.37. The molecule has 0 aliphatic rings. The number of benzene rings is 1. The maximum atomic E-state index is 11.9. The number of carbonyl (C=O) groups excluding carboxylic acids is 1. The Balaban J connectivity index is 2.70. The molecule has 0 atom stereocenters. The van der Waals surface area contributed by atoms with Gasteiger partial charge in [0.15, 0.2) is 9.84 Å². The van der Waals surface area contributed by atoms with Gasteiger partial charge in [-0.05, 0) is 37.6 Å². The largest absolute Gasteiger partial charge is 0.351 e. The summed E-state index contributed by atoms with van der Waals surface area (Å²) in [5.74, 6) is -0.256. The van der Waals surface area contributed by atoms with Crippen molar-refractivity contribution in [2.45, 2.75) is 25.2 Å². The summed E-state index contributed by atoms with van der Waals surface area (Å²) in [6.45, 7) is 5.92. The maximum Gasteiger partial charge on any atom is 0.251 e. The summed E-state index contributed by atoms with van der Waals surface area (Å²) in [5.41, 5.74) is 1.01. The molecule has 0 aromatic heterocycles. The smallest absolute Gasteiger partial charge is 0.251 e. The van der Waals surface area contributed by atoms with Gasteiger partial charge in [-0.15, -0.1) is 0 Å². The lowest BCUT2D eigenvalue weighted by atomic mass is 10.1. The molecule has 1 aromatic rings. The van der Waals surface area contributed by atoms with Crippen molar-refractivity contribution in [3.63, 3.8) is 0 Å². The highest BCUT2D eigenvalue weighted by atomic mass is 32.2. The van der Waals surface area contributed by atoms with E-state index in [1.807, 2.05) is 0 Å². The van der Waals surface area contributed by atoms with Crippen LogP contribution in [0.3, 0.4) is 0 Å². The van der Waals surface area contributed by atoms with E-state index < -0.39 is 9.84 Å². The summed E-state index contributed by atoms with van der Waals surface area (Å²) >= 11 is 0. The second-order valence-electron chi connectivity index (χ2n) is 4.76. The first-order chi connectivity index (χ1) is 9.36. The van der Waals surface area contributed by atoms with Crippen LogP contribution in [0.25, 0.3) is 0 Å². The van der Waals surface area contributed by atoms with Crippen molar-refractivity contribution in [3.05, 3.63) is 29.3 Å². The fourth-order valence-corrected chi connectivity index (χ4v) is 2.80. The van der Waals surface area contributed by atoms with Gasteiger partial charge in [0, 0.05) is 24.9 Å². The molecular formula is C14H22N2O3S. The molecule has 112 valence electrons. The Morgan fingerprint density at radius 1 is 1.20 bits per heavy atom. The molecule has 1 rings (SSSR count). The average molecular weight is 298 g/mol. The number of amides is 1. The predicted octanol–water partition coefficient (Wildman–Crippen LogP) is 1.13. The zero-order valence-electron chi connectivity index (χ0n) is 12.2. The minimum Gasteiger partial charge on any atom is -0.351 e. The van der Waals surface area contributed by atoms with Gasteiger partial charge < -0.3 is 10.6 Å². The molecule has 2 N–H and O–H groups in total. The molecular weight excluding hydrogens is 276 g/mol. The summed E-state index contributed by atoms with van der Waals surface area (Å²) in [6, 6.07) is 4.72. The number of hydrogen-bond acceptors (Lipinski definition) is 4. The molecule has 1 amide bonds. The monoisotopic (exact) mass is 298 g/mol. The van der Waals surface area contributed by atoms with Crippen molar-refractivity contribution in [3.8, 4) is 0 Å². The van der Waals surface area contributed by atoms with Crippen LogP contribution in [0.1, 0.15) is 29.3 Å². The standard InChI is InChI=1S/C14H22N2O3S/c1-4-7-15-8-9-16-14(17)12-6-5-11(2)13(10-12)20(3,18)19/h5-6,10,15H,4,7-9H2,1-3H3,(H,16,17). The van der Waals surface area contributed by atoms with Crippen LogP contribution in [-0.4, -0.2) is 40.2 Å². The van der Waals surface area contributed by atoms with E-state index >= 15 is 0 Å². The Labute approximate surface area is 120 Å². The maximum absolute atomic E-state index is 11.9. The fraction of sp³-hybridized carbons (Fsp3) is 0.500. The van der Waals surface area contributed by atoms with Crippen molar-refractivity contribution >= 4 is 15.7 Å². The first kappa shape index (κ1) is 16.7. The van der Waals surface area contributed by atoms with Crippen LogP contribution in [0.5, 0.6) is 0 Å². The van der Waals surface area contributed by atoms with Crippen LogP contribution in [-0.2, 0) is 9.84 Å². The number of carbonyl (C=O) groups is 1. The topological polar surface area (TPSA) is 75.3 Å². The SMILES string of the molecule is CCCNCCNC(=O)c1ccc(C)c(S(C)(=O)=O)c1. The molecule has 0 saturated heterocycles. The molecule has 0 saturated carbocycles. The molecule has 0 bridgehead atoms. The summed E-state index contributed by atoms with van der Waals surface area (Å²) in [7, 11) is -3.31. The minimum atomic E-state index is -3.31. The Morgan fingerprint density at radius 3 is 2.50 bits per heavy atom. The van der Waals surface area contributed by atoms with Gasteiger partial charge in [0.1, 0.15) is 0 Å². The molecule has 0 radical (unpaired) electrons. The van der Waals surface area contributed by atoms with Crippen LogP contribution in [0.2, 0.25) is 0 Å². The van der Waals surface area contributed by atoms with Crippen molar-refractivity contribution in [2.24, 2.45) is 0 Å². The molecule has 1 aromatic carbocycles. The normalized spacial score (nSPS) is 11.3. The van der Waals surface area contributed by atoms with Crippen molar-refractivity contribution < 1.29 is 13.2 Å². The predicted molar refractivity (Wildman–Crippen MR) is 79.8 cm³/mol. The van der Waals surface area contributed by atoms with Crippen LogP contribution in [0, 0.1) is 6.92 Å². The van der Waals surface area contributed by atoms with Gasteiger partial charge >= 0.3 is 0 Å². The third-order valence-corrected chi connectivity index (χ3v) is 4.10. The molecule has 0 heterocycles. The molecule has 0 aliphatic heterocycles. The molecule has 0 aliphatic carbocycles. The van der Waals surface area contributed by atoms with Gasteiger partial charge in [-0.1, -0.05) is 13.0 Å². The molecule has 0 spiro atoms. The Hall–Kier alpha value is -1.40. The lowest BCUT2D eigenvalue weighted by Gasteiger charge is -2.09. The molecule has 0 unspecified atom stereocenters. The van der Waals surface area contributed by atoms with Gasteiger partial charge in [0.25, 0.3) is 5.91 Å². The number of sulfone groups is 1. The van der Waals surface area contributed by atoms with E-state index in [0.29, 0.717) is 24.2 Å². The molecule has 6 heteroatoms. The van der Waals surface area contributed by atoms with E-state index in [0.717, 1.165) is 19.2 Å². The van der Waals surface area contributed by atoms with Gasteiger partial charge in [0.05, 0.1) is 4.90 Å². The Kier molecular flexibility index (Phi) is 6.16. The third kappa shape index (κ3) is 4.94. The minimum absolute atomic E-state index is 0.203. The summed E-state index contributed by atoms with van der Waals surface area (Å²) < 4.78 is 23.2. The van der Waals surface area contributed by atoms with Crippen LogP contribution < -0.4 is 10.6 Å². The highest BCUT2D eigenvalue weighted by molar-refractivity contribution is 7.90. The second-order valence-corrected chi connectivity index (χ2v) is 6.74. The van der Waals surface area contributed by atoms with E-state index in [9.17, 15) is 13.2 Å². The first-order valence-corrected chi connectivity index (χ1v) is 8.55. The van der Waals surface area contributed by atoms with Gasteiger partial charge in [-0.3, -0.25) is 4.79 Å². The van der Waals surface area contributed by atoms with Crippen molar-refractivity contribution in [1.82, 2.24) is 10.6 Å². The third-order valence-electron chi connectivity index (χ3n) is 2.86. The lowest BCUT2D eigenvalue weighted by Crippen LogP contribution is -2.32. The van der Waals surface area contributed by atoms with Crippen LogP contribution in [0.15, 0.2) is 23.1 Å². The van der Waals surface area contributed by atoms with E-state index in [1.54, 1.807) is 19.1 Å². The summed E-state index contributed by atoms with van der Waals surface area (Å²) in [4.78, 5) is 12.1. The lowest BCUT2D eigenvalue weighted by molar-refractivity contribution is 0.0953. The zero-order chi connectivity index (χ0) is 15.2. The quantitative estimate of drug-likeness (QED) is 0.740. The number of aryl methyl sites for hydroxylation is 1. The summed E-state index contributed by atoms with van der Waals surface area (Å²) in [5, 5.41) is 5.94. The number of rotatable bonds is 7. The number of hydrogen-bond donors (Lipinski definition) is 2. The van der Waals surface area contributed by atoms with E-state index in [1.165, 1.54) is 6.07 Å². The van der Waals surface area contributed by atoms with Crippen molar-refractivity contribution in [2.75, 3.05) is 25.9 Å². The molecule has 20 heavy (non-hydrogen) atoms. The molecule has 0 fully saturated rings. The summed E-state index contributed by atoms with van der Waals surface area (Å²) in [6.07, 6.45) is 2.19. The van der Waals surface area contributed by atoms with Gasteiger partial charge in [-0.2, -0.15) is 0 Å². The zero-order valence-corrected chi connectivity index (χ0v) is 13.0. The van der Waals surface area contributed by atoms with Gasteiger partial charge in [0.2, 0.25) is 0 Å². The second kappa shape index (κ2) is 7.40. The van der Waals surface area contributed by atoms with Crippen LogP contribution >= 0.6 is 0 Å². The Morgan fingerprint density at radius 2 is 1.90 bits per heavy atom. The first-order valence-electron chi connectivity index (χ1n) is 6.66. The van der Waals surface area contributed by atoms with E-state index in [-0.39, 0.29) is 10.8 Å². The number of nitrogens with one attached hydrogen (secondary N) is 2.